The summed E-state index contributed by atoms with van der Waals surface area (Å²) in [5, 5.41) is 0. The largest absolute Gasteiger partial charge is 0.464 e. The van der Waals surface area contributed by atoms with Gasteiger partial charge in [0.15, 0.2) is 0 Å². The highest BCUT2D eigenvalue weighted by Crippen LogP contribution is 2.17. The van der Waals surface area contributed by atoms with Crippen LogP contribution in [0.4, 0.5) is 11.9 Å². The van der Waals surface area contributed by atoms with Crippen molar-refractivity contribution in [3.8, 4) is 6.01 Å². The molecule has 0 bridgehead atoms. The predicted octanol–water partition coefficient (Wildman–Crippen LogP) is 0.383. The Morgan fingerprint density at radius 2 is 2.05 bits per heavy atom. The van der Waals surface area contributed by atoms with Gasteiger partial charge in [0.05, 0.1) is 6.61 Å². The Morgan fingerprint density at radius 3 is 2.68 bits per heavy atom. The summed E-state index contributed by atoms with van der Waals surface area (Å²) < 4.78 is 5.31. The second-order valence-electron chi connectivity index (χ2n) is 4.63. The lowest BCUT2D eigenvalue weighted by atomic mass is 10.2. The molecule has 0 spiro atoms. The standard InChI is InChI=1S/C12H22N6O/c1-4-17-6-7-18(8-9(17)3)11-14-10(13)15-12(16-11)19-5-2/h9H,4-8H2,1-3H3,(H2,13,14,15,16). The third-order valence-electron chi connectivity index (χ3n) is 3.35. The smallest absolute Gasteiger partial charge is 0.323 e. The Kier molecular flexibility index (Phi) is 4.36. The number of nitrogens with zero attached hydrogens (tertiary/aromatic N) is 5. The molecule has 1 aromatic rings. The maximum atomic E-state index is 5.71. The lowest BCUT2D eigenvalue weighted by molar-refractivity contribution is 0.198. The number of hydrogen-bond donors (Lipinski definition) is 1. The molecule has 2 N–H and O–H groups in total. The summed E-state index contributed by atoms with van der Waals surface area (Å²) in [6, 6.07) is 0.780. The fraction of sp³-hybridized carbons (Fsp3) is 0.750. The molecule has 1 fully saturated rings. The highest BCUT2D eigenvalue weighted by Gasteiger charge is 2.24. The zero-order valence-electron chi connectivity index (χ0n) is 11.8. The summed E-state index contributed by atoms with van der Waals surface area (Å²) in [6.45, 7) is 10.7. The second-order valence-corrected chi connectivity index (χ2v) is 4.63. The van der Waals surface area contributed by atoms with Gasteiger partial charge < -0.3 is 15.4 Å². The molecule has 0 radical (unpaired) electrons. The fourth-order valence-corrected chi connectivity index (χ4v) is 2.34. The first-order chi connectivity index (χ1) is 9.13. The molecule has 19 heavy (non-hydrogen) atoms. The van der Waals surface area contributed by atoms with Crippen LogP contribution in [0.15, 0.2) is 0 Å². The first-order valence-corrected chi connectivity index (χ1v) is 6.77. The Balaban J connectivity index is 2.13. The molecule has 1 unspecified atom stereocenters. The minimum absolute atomic E-state index is 0.207. The molecule has 1 atom stereocenters. The monoisotopic (exact) mass is 266 g/mol. The zero-order valence-corrected chi connectivity index (χ0v) is 11.8. The Morgan fingerprint density at radius 1 is 1.26 bits per heavy atom. The average Bonchev–Trinajstić information content (AvgIpc) is 2.38. The number of nitrogens with two attached hydrogens (primary N) is 1. The lowest BCUT2D eigenvalue weighted by Gasteiger charge is -2.39. The van der Waals surface area contributed by atoms with Crippen molar-refractivity contribution in [1.82, 2.24) is 19.9 Å². The van der Waals surface area contributed by atoms with Crippen LogP contribution in [0.25, 0.3) is 0 Å². The van der Waals surface area contributed by atoms with E-state index in [1.54, 1.807) is 0 Å². The van der Waals surface area contributed by atoms with Gasteiger partial charge in [-0.05, 0) is 20.4 Å². The summed E-state index contributed by atoms with van der Waals surface area (Å²) >= 11 is 0. The van der Waals surface area contributed by atoms with Gasteiger partial charge in [-0.2, -0.15) is 15.0 Å². The van der Waals surface area contributed by atoms with E-state index in [0.29, 0.717) is 24.6 Å². The fourth-order valence-electron chi connectivity index (χ4n) is 2.34. The molecular weight excluding hydrogens is 244 g/mol. The number of aromatic nitrogens is 3. The van der Waals surface area contributed by atoms with Gasteiger partial charge in [0.25, 0.3) is 0 Å². The van der Waals surface area contributed by atoms with Gasteiger partial charge in [0.2, 0.25) is 11.9 Å². The molecule has 1 saturated heterocycles. The van der Waals surface area contributed by atoms with Crippen LogP contribution < -0.4 is 15.4 Å². The average molecular weight is 266 g/mol. The molecule has 0 aliphatic carbocycles. The Hall–Kier alpha value is -1.63. The van der Waals surface area contributed by atoms with Crippen LogP contribution in [0, 0.1) is 0 Å². The van der Waals surface area contributed by atoms with E-state index < -0.39 is 0 Å². The molecule has 2 heterocycles. The van der Waals surface area contributed by atoms with Crippen LogP contribution >= 0.6 is 0 Å². The molecule has 1 aliphatic heterocycles. The Labute approximate surface area is 113 Å². The number of anilines is 2. The van der Waals surface area contributed by atoms with Gasteiger partial charge in [-0.15, -0.1) is 0 Å². The van der Waals surface area contributed by atoms with E-state index in [4.69, 9.17) is 10.5 Å². The number of nitrogen functional groups attached to an aromatic ring is 1. The van der Waals surface area contributed by atoms with E-state index >= 15 is 0 Å². The molecule has 0 aromatic carbocycles. The van der Waals surface area contributed by atoms with Gasteiger partial charge in [0.1, 0.15) is 0 Å². The van der Waals surface area contributed by atoms with Crippen LogP contribution in [0.3, 0.4) is 0 Å². The second kappa shape index (κ2) is 6.01. The molecule has 1 aromatic heterocycles. The van der Waals surface area contributed by atoms with Crippen molar-refractivity contribution < 1.29 is 4.74 Å². The van der Waals surface area contributed by atoms with Crippen LogP contribution in [-0.4, -0.2) is 58.7 Å². The zero-order chi connectivity index (χ0) is 13.8. The van der Waals surface area contributed by atoms with Crippen molar-refractivity contribution >= 4 is 11.9 Å². The summed E-state index contributed by atoms with van der Waals surface area (Å²) in [6.07, 6.45) is 0. The first kappa shape index (κ1) is 13.8. The summed E-state index contributed by atoms with van der Waals surface area (Å²) in [5.41, 5.74) is 5.71. The normalized spacial score (nSPS) is 20.6. The van der Waals surface area contributed by atoms with E-state index in [1.807, 2.05) is 6.92 Å². The summed E-state index contributed by atoms with van der Waals surface area (Å²) in [7, 11) is 0. The number of piperazine rings is 1. The molecule has 7 heteroatoms. The number of rotatable bonds is 4. The van der Waals surface area contributed by atoms with Crippen molar-refractivity contribution in [3.05, 3.63) is 0 Å². The van der Waals surface area contributed by atoms with Crippen molar-refractivity contribution in [1.29, 1.82) is 0 Å². The predicted molar refractivity (Wildman–Crippen MR) is 74.3 cm³/mol. The molecular formula is C12H22N6O. The topological polar surface area (TPSA) is 80.4 Å². The van der Waals surface area contributed by atoms with Gasteiger partial charge in [-0.1, -0.05) is 6.92 Å². The highest BCUT2D eigenvalue weighted by molar-refractivity contribution is 5.36. The maximum Gasteiger partial charge on any atom is 0.323 e. The molecule has 106 valence electrons. The van der Waals surface area contributed by atoms with Crippen molar-refractivity contribution in [2.24, 2.45) is 0 Å². The van der Waals surface area contributed by atoms with Crippen LogP contribution in [-0.2, 0) is 0 Å². The number of ether oxygens (including phenoxy) is 1. The van der Waals surface area contributed by atoms with Crippen LogP contribution in [0.1, 0.15) is 20.8 Å². The van der Waals surface area contributed by atoms with Gasteiger partial charge in [-0.25, -0.2) is 0 Å². The van der Waals surface area contributed by atoms with Crippen LogP contribution in [0.5, 0.6) is 6.01 Å². The van der Waals surface area contributed by atoms with E-state index in [9.17, 15) is 0 Å². The summed E-state index contributed by atoms with van der Waals surface area (Å²) in [5.74, 6) is 0.817. The van der Waals surface area contributed by atoms with Crippen molar-refractivity contribution in [2.75, 3.05) is 43.4 Å². The molecule has 0 amide bonds. The van der Waals surface area contributed by atoms with Crippen molar-refractivity contribution in [3.63, 3.8) is 0 Å². The van der Waals surface area contributed by atoms with E-state index in [1.165, 1.54) is 0 Å². The van der Waals surface area contributed by atoms with E-state index in [2.05, 4.69) is 38.6 Å². The summed E-state index contributed by atoms with van der Waals surface area (Å²) in [4.78, 5) is 17.1. The maximum absolute atomic E-state index is 5.71. The number of likely N-dealkylation sites (N-methyl/N-ethyl adjacent to an activating group) is 1. The van der Waals surface area contributed by atoms with E-state index in [-0.39, 0.29) is 5.95 Å². The van der Waals surface area contributed by atoms with Crippen LogP contribution in [0.2, 0.25) is 0 Å². The highest BCUT2D eigenvalue weighted by atomic mass is 16.5. The van der Waals surface area contributed by atoms with Crippen molar-refractivity contribution in [2.45, 2.75) is 26.8 Å². The van der Waals surface area contributed by atoms with E-state index in [0.717, 1.165) is 26.2 Å². The molecule has 2 rings (SSSR count). The Bertz CT molecular complexity index is 427. The van der Waals surface area contributed by atoms with Gasteiger partial charge >= 0.3 is 6.01 Å². The SMILES string of the molecule is CCOc1nc(N)nc(N2CCN(CC)C(C)C2)n1. The third kappa shape index (κ3) is 3.23. The quantitative estimate of drug-likeness (QED) is 0.844. The van der Waals surface area contributed by atoms with Gasteiger partial charge in [0, 0.05) is 25.7 Å². The minimum atomic E-state index is 0.207. The first-order valence-electron chi connectivity index (χ1n) is 6.77. The molecule has 0 saturated carbocycles. The molecule has 7 nitrogen and oxygen atoms in total. The third-order valence-corrected chi connectivity index (χ3v) is 3.35. The minimum Gasteiger partial charge on any atom is -0.464 e. The number of hydrogen-bond acceptors (Lipinski definition) is 7. The van der Waals surface area contributed by atoms with Gasteiger partial charge in [-0.3, -0.25) is 4.90 Å². The lowest BCUT2D eigenvalue weighted by Crippen LogP contribution is -2.52. The molecule has 1 aliphatic rings.